The zero-order valence-corrected chi connectivity index (χ0v) is 18.2. The van der Waals surface area contributed by atoms with Gasteiger partial charge in [0.15, 0.2) is 11.6 Å². The van der Waals surface area contributed by atoms with Gasteiger partial charge < -0.3 is 9.64 Å². The minimum absolute atomic E-state index is 0.0794. The first-order valence-electron chi connectivity index (χ1n) is 11.3. The van der Waals surface area contributed by atoms with Crippen LogP contribution in [0.2, 0.25) is 0 Å². The molecule has 3 aliphatic rings. The van der Waals surface area contributed by atoms with Crippen molar-refractivity contribution in [2.75, 3.05) is 7.05 Å². The molecule has 2 aromatic carbocycles. The summed E-state index contributed by atoms with van der Waals surface area (Å²) in [6.45, 7) is 0.0794. The molecule has 5 rings (SSSR count). The maximum atomic E-state index is 14.1. The lowest BCUT2D eigenvalue weighted by atomic mass is 9.71. The summed E-state index contributed by atoms with van der Waals surface area (Å²) in [5.41, 5.74) is 4.80. The smallest absolute Gasteiger partial charge is 0.161 e. The van der Waals surface area contributed by atoms with Crippen molar-refractivity contribution in [2.24, 2.45) is 0 Å². The third-order valence-corrected chi connectivity index (χ3v) is 6.82. The molecule has 4 nitrogen and oxygen atoms in total. The second kappa shape index (κ2) is 8.38. The largest absolute Gasteiger partial charge is 0.488 e. The molecule has 0 bridgehead atoms. The Bertz CT molecular complexity index is 1120. The van der Waals surface area contributed by atoms with E-state index in [0.29, 0.717) is 24.2 Å². The van der Waals surface area contributed by atoms with Crippen molar-refractivity contribution in [3.63, 3.8) is 0 Å². The number of ether oxygens (including phenoxy) is 1. The normalized spacial score (nSPS) is 19.2. The lowest BCUT2D eigenvalue weighted by Gasteiger charge is -2.42. The molecule has 0 radical (unpaired) electrons. The number of halogens is 1. The first kappa shape index (κ1) is 20.7. The summed E-state index contributed by atoms with van der Waals surface area (Å²) in [6.07, 6.45) is 4.32. The molecule has 32 heavy (non-hydrogen) atoms. The summed E-state index contributed by atoms with van der Waals surface area (Å²) in [5.74, 6) is 0.0624. The van der Waals surface area contributed by atoms with E-state index in [-0.39, 0.29) is 24.0 Å². The Labute approximate surface area is 187 Å². The van der Waals surface area contributed by atoms with Gasteiger partial charge in [-0.2, -0.15) is 0 Å². The van der Waals surface area contributed by atoms with Crippen LogP contribution in [-0.4, -0.2) is 23.5 Å². The number of hydrogen-bond acceptors (Lipinski definition) is 4. The SMILES string of the molecule is CN1C2=C(C(=O)CCC2)C(c2ccccc2OCc2ccccc2F)C2=C1CCCC2=O. The van der Waals surface area contributed by atoms with Crippen molar-refractivity contribution in [2.45, 2.75) is 51.0 Å². The van der Waals surface area contributed by atoms with E-state index in [2.05, 4.69) is 4.90 Å². The Hall–Kier alpha value is -3.21. The van der Waals surface area contributed by atoms with E-state index in [1.165, 1.54) is 6.07 Å². The van der Waals surface area contributed by atoms with E-state index in [4.69, 9.17) is 4.74 Å². The average Bonchev–Trinajstić information content (AvgIpc) is 2.80. The van der Waals surface area contributed by atoms with E-state index in [9.17, 15) is 14.0 Å². The average molecular weight is 432 g/mol. The molecule has 0 saturated carbocycles. The predicted octanol–water partition coefficient (Wildman–Crippen LogP) is 5.45. The van der Waals surface area contributed by atoms with Gasteiger partial charge >= 0.3 is 0 Å². The van der Waals surface area contributed by atoms with Crippen LogP contribution in [0.1, 0.15) is 55.6 Å². The lowest BCUT2D eigenvalue weighted by molar-refractivity contribution is -0.117. The van der Waals surface area contributed by atoms with Crippen LogP contribution >= 0.6 is 0 Å². The number of nitrogens with zero attached hydrogens (tertiary/aromatic N) is 1. The molecule has 0 N–H and O–H groups in total. The van der Waals surface area contributed by atoms with Crippen molar-refractivity contribution in [3.05, 3.63) is 88.0 Å². The second-order valence-electron chi connectivity index (χ2n) is 8.68. The summed E-state index contributed by atoms with van der Waals surface area (Å²) in [6, 6.07) is 14.1. The first-order valence-corrected chi connectivity index (χ1v) is 11.3. The molecule has 0 unspecified atom stereocenters. The van der Waals surface area contributed by atoms with Crippen molar-refractivity contribution in [3.8, 4) is 5.75 Å². The van der Waals surface area contributed by atoms with Crippen molar-refractivity contribution < 1.29 is 18.7 Å². The van der Waals surface area contributed by atoms with E-state index in [1.54, 1.807) is 18.2 Å². The van der Waals surface area contributed by atoms with Crippen LogP contribution in [0.5, 0.6) is 5.75 Å². The number of ketones is 2. The molecule has 0 atom stereocenters. The number of allylic oxidation sites excluding steroid dienone is 4. The highest BCUT2D eigenvalue weighted by molar-refractivity contribution is 6.06. The second-order valence-corrected chi connectivity index (χ2v) is 8.68. The van der Waals surface area contributed by atoms with Gasteiger partial charge in [0.1, 0.15) is 18.2 Å². The monoisotopic (exact) mass is 431 g/mol. The highest BCUT2D eigenvalue weighted by Gasteiger charge is 2.43. The summed E-state index contributed by atoms with van der Waals surface area (Å²) in [7, 11) is 1.98. The summed E-state index contributed by atoms with van der Waals surface area (Å²) < 4.78 is 20.2. The predicted molar refractivity (Wildman–Crippen MR) is 119 cm³/mol. The van der Waals surface area contributed by atoms with E-state index >= 15 is 0 Å². The fourth-order valence-electron chi connectivity index (χ4n) is 5.28. The topological polar surface area (TPSA) is 46.6 Å². The van der Waals surface area contributed by atoms with Crippen LogP contribution in [0.15, 0.2) is 71.1 Å². The van der Waals surface area contributed by atoms with Crippen LogP contribution in [0, 0.1) is 5.82 Å². The number of rotatable bonds is 4. The number of carbonyl (C=O) groups excluding carboxylic acids is 2. The van der Waals surface area contributed by atoms with E-state index < -0.39 is 5.92 Å². The Kier molecular flexibility index (Phi) is 5.41. The Balaban J connectivity index is 1.61. The van der Waals surface area contributed by atoms with Gasteiger partial charge in [0.05, 0.1) is 0 Å². The minimum atomic E-state index is -0.423. The van der Waals surface area contributed by atoms with Crippen molar-refractivity contribution in [1.82, 2.24) is 4.90 Å². The molecular formula is C27H26FNO3. The maximum absolute atomic E-state index is 14.1. The fraction of sp³-hybridized carbons (Fsp3) is 0.333. The number of benzene rings is 2. The Morgan fingerprint density at radius 3 is 2.12 bits per heavy atom. The molecular weight excluding hydrogens is 405 g/mol. The number of carbonyl (C=O) groups is 2. The molecule has 164 valence electrons. The highest BCUT2D eigenvalue weighted by atomic mass is 19.1. The Morgan fingerprint density at radius 2 is 1.47 bits per heavy atom. The molecule has 0 aromatic heterocycles. The third-order valence-electron chi connectivity index (χ3n) is 6.82. The number of para-hydroxylation sites is 1. The molecule has 1 aliphatic heterocycles. The van der Waals surface area contributed by atoms with Gasteiger partial charge in [-0.05, 0) is 37.8 Å². The lowest BCUT2D eigenvalue weighted by Crippen LogP contribution is -2.37. The van der Waals surface area contributed by atoms with Gasteiger partial charge in [0.25, 0.3) is 0 Å². The molecule has 5 heteroatoms. The van der Waals surface area contributed by atoms with Crippen LogP contribution in [-0.2, 0) is 16.2 Å². The van der Waals surface area contributed by atoms with Gasteiger partial charge in [-0.1, -0.05) is 36.4 Å². The highest BCUT2D eigenvalue weighted by Crippen LogP contribution is 2.50. The molecule has 0 fully saturated rings. The quantitative estimate of drug-likeness (QED) is 0.646. The van der Waals surface area contributed by atoms with Gasteiger partial charge in [0, 0.05) is 59.5 Å². The number of hydrogen-bond donors (Lipinski definition) is 0. The van der Waals surface area contributed by atoms with Crippen LogP contribution < -0.4 is 4.74 Å². The molecule has 0 amide bonds. The number of Topliss-reactive ketones (excluding diaryl/α,β-unsaturated/α-hetero) is 2. The standard InChI is InChI=1S/C27H26FNO3/c1-29-20-11-6-13-22(30)26(20)25(27-21(29)12-7-14-23(27)31)18-9-3-5-15-24(18)32-16-17-8-2-4-10-19(17)28/h2-5,8-10,15,25H,6-7,11-14,16H2,1H3. The van der Waals surface area contributed by atoms with E-state index in [1.807, 2.05) is 31.3 Å². The third kappa shape index (κ3) is 3.46. The van der Waals surface area contributed by atoms with Crippen LogP contribution in [0.3, 0.4) is 0 Å². The van der Waals surface area contributed by atoms with Gasteiger partial charge in [-0.25, -0.2) is 4.39 Å². The van der Waals surface area contributed by atoms with Gasteiger partial charge in [0.2, 0.25) is 0 Å². The van der Waals surface area contributed by atoms with Gasteiger partial charge in [-0.3, -0.25) is 9.59 Å². The summed E-state index contributed by atoms with van der Waals surface area (Å²) in [4.78, 5) is 28.4. The minimum Gasteiger partial charge on any atom is -0.488 e. The first-order chi connectivity index (χ1) is 15.6. The fourth-order valence-corrected chi connectivity index (χ4v) is 5.28. The molecule has 2 aromatic rings. The van der Waals surface area contributed by atoms with Crippen LogP contribution in [0.4, 0.5) is 4.39 Å². The zero-order chi connectivity index (χ0) is 22.2. The molecule has 0 spiro atoms. The summed E-state index contributed by atoms with van der Waals surface area (Å²) in [5, 5.41) is 0. The molecule has 2 aliphatic carbocycles. The van der Waals surface area contributed by atoms with Crippen molar-refractivity contribution >= 4 is 11.6 Å². The molecule has 1 heterocycles. The Morgan fingerprint density at radius 1 is 0.875 bits per heavy atom. The molecule has 0 saturated heterocycles. The van der Waals surface area contributed by atoms with Crippen LogP contribution in [0.25, 0.3) is 0 Å². The maximum Gasteiger partial charge on any atom is 0.161 e. The van der Waals surface area contributed by atoms with E-state index in [0.717, 1.165) is 53.8 Å². The zero-order valence-electron chi connectivity index (χ0n) is 18.2. The summed E-state index contributed by atoms with van der Waals surface area (Å²) >= 11 is 0. The van der Waals surface area contributed by atoms with Crippen molar-refractivity contribution in [1.29, 1.82) is 0 Å². The van der Waals surface area contributed by atoms with Gasteiger partial charge in [-0.15, -0.1) is 0 Å².